The summed E-state index contributed by atoms with van der Waals surface area (Å²) in [6, 6.07) is 6.53. The number of halogens is 1. The molecule has 2 aromatic heterocycles. The molecule has 2 aromatic rings. The molecule has 0 spiro atoms. The van der Waals surface area contributed by atoms with Crippen molar-refractivity contribution >= 4 is 22.9 Å². The summed E-state index contributed by atoms with van der Waals surface area (Å²) in [6.45, 7) is 1.03. The lowest BCUT2D eigenvalue weighted by molar-refractivity contribution is 0.539. The van der Waals surface area contributed by atoms with E-state index in [4.69, 9.17) is 17.3 Å². The third-order valence-corrected chi connectivity index (χ3v) is 4.96. The number of rotatable bonds is 3. The van der Waals surface area contributed by atoms with Crippen molar-refractivity contribution in [2.24, 2.45) is 5.73 Å². The quantitative estimate of drug-likeness (QED) is 0.911. The number of nitrogens with two attached hydrogens (primary N) is 1. The maximum Gasteiger partial charge on any atom is 0.0931 e. The van der Waals surface area contributed by atoms with Crippen molar-refractivity contribution in [3.05, 3.63) is 44.9 Å². The first-order chi connectivity index (χ1) is 8.74. The monoisotopic (exact) mass is 280 g/mol. The Bertz CT molecular complexity index is 544. The summed E-state index contributed by atoms with van der Waals surface area (Å²) in [5, 5.41) is 0. The van der Waals surface area contributed by atoms with E-state index in [1.165, 1.54) is 29.0 Å². The Balaban J connectivity index is 1.73. The Hall–Kier alpha value is -0.770. The average molecular weight is 281 g/mol. The van der Waals surface area contributed by atoms with Crippen LogP contribution < -0.4 is 5.73 Å². The molecule has 1 unspecified atom stereocenters. The molecule has 0 aliphatic heterocycles. The zero-order valence-electron chi connectivity index (χ0n) is 10.2. The highest BCUT2D eigenvalue weighted by Gasteiger charge is 2.19. The molecule has 3 rings (SSSR count). The van der Waals surface area contributed by atoms with Crippen molar-refractivity contribution in [3.63, 3.8) is 0 Å². The fourth-order valence-electron chi connectivity index (χ4n) is 2.72. The Labute approximate surface area is 116 Å². The second-order valence-electron chi connectivity index (χ2n) is 4.87. The van der Waals surface area contributed by atoms with Crippen LogP contribution in [0.4, 0.5) is 0 Å². The van der Waals surface area contributed by atoms with Crippen LogP contribution in [0.5, 0.6) is 0 Å². The van der Waals surface area contributed by atoms with Crippen molar-refractivity contribution in [1.82, 2.24) is 4.57 Å². The molecule has 0 saturated heterocycles. The molecule has 2 N–H and O–H groups in total. The van der Waals surface area contributed by atoms with Gasteiger partial charge in [0.15, 0.2) is 0 Å². The second kappa shape index (κ2) is 5.08. The van der Waals surface area contributed by atoms with Crippen molar-refractivity contribution in [2.75, 3.05) is 0 Å². The first kappa shape index (κ1) is 12.3. The Kier molecular flexibility index (Phi) is 3.46. The van der Waals surface area contributed by atoms with Crippen LogP contribution in [0.1, 0.15) is 35.0 Å². The number of hydrogen-bond acceptors (Lipinski definition) is 2. The van der Waals surface area contributed by atoms with Gasteiger partial charge in [0.25, 0.3) is 0 Å². The number of nitrogens with zero attached hydrogens (tertiary/aromatic N) is 1. The number of aryl methyl sites for hydroxylation is 2. The summed E-state index contributed by atoms with van der Waals surface area (Å²) in [4.78, 5) is 1.35. The zero-order chi connectivity index (χ0) is 12.5. The average Bonchev–Trinajstić information content (AvgIpc) is 2.94. The number of aromatic nitrogens is 1. The lowest BCUT2D eigenvalue weighted by Gasteiger charge is -2.20. The van der Waals surface area contributed by atoms with E-state index in [-0.39, 0.29) is 6.04 Å². The molecule has 0 amide bonds. The smallest absolute Gasteiger partial charge is 0.0931 e. The first-order valence-electron chi connectivity index (χ1n) is 6.42. The Morgan fingerprint density at radius 2 is 2.28 bits per heavy atom. The Morgan fingerprint density at radius 1 is 1.39 bits per heavy atom. The second-order valence-corrected chi connectivity index (χ2v) is 6.67. The summed E-state index contributed by atoms with van der Waals surface area (Å²) in [7, 11) is 0. The minimum Gasteiger partial charge on any atom is -0.351 e. The van der Waals surface area contributed by atoms with Gasteiger partial charge in [0, 0.05) is 29.4 Å². The van der Waals surface area contributed by atoms with Crippen molar-refractivity contribution in [1.29, 1.82) is 0 Å². The molecular weight excluding hydrogens is 264 g/mol. The largest absolute Gasteiger partial charge is 0.351 e. The van der Waals surface area contributed by atoms with Gasteiger partial charge in [0.2, 0.25) is 0 Å². The predicted molar refractivity (Wildman–Crippen MR) is 77.3 cm³/mol. The van der Waals surface area contributed by atoms with E-state index in [2.05, 4.69) is 22.9 Å². The van der Waals surface area contributed by atoms with Gasteiger partial charge >= 0.3 is 0 Å². The third kappa shape index (κ3) is 2.35. The van der Waals surface area contributed by atoms with Crippen LogP contribution in [0.25, 0.3) is 0 Å². The standard InChI is InChI=1S/C14H17ClN2S/c15-14-5-4-10(18-14)6-8-17-9-7-11-12(16)2-1-3-13(11)17/h4-5,7,9,12H,1-3,6,8,16H2. The minimum atomic E-state index is 0.242. The van der Waals surface area contributed by atoms with Gasteiger partial charge < -0.3 is 10.3 Å². The Morgan fingerprint density at radius 3 is 3.06 bits per heavy atom. The maximum absolute atomic E-state index is 6.14. The van der Waals surface area contributed by atoms with Crippen LogP contribution >= 0.6 is 22.9 Å². The summed E-state index contributed by atoms with van der Waals surface area (Å²) < 4.78 is 3.24. The SMILES string of the molecule is NC1CCCc2c1ccn2CCc1ccc(Cl)s1. The predicted octanol–water partition coefficient (Wildman–Crippen LogP) is 3.78. The summed E-state index contributed by atoms with van der Waals surface area (Å²) in [6.07, 6.45) is 6.74. The van der Waals surface area contributed by atoms with E-state index >= 15 is 0 Å². The molecule has 96 valence electrons. The van der Waals surface area contributed by atoms with Crippen LogP contribution in [0.2, 0.25) is 4.34 Å². The van der Waals surface area contributed by atoms with Gasteiger partial charge in [-0.3, -0.25) is 0 Å². The van der Waals surface area contributed by atoms with E-state index < -0.39 is 0 Å². The van der Waals surface area contributed by atoms with Crippen molar-refractivity contribution < 1.29 is 0 Å². The molecule has 4 heteroatoms. The fraction of sp³-hybridized carbons (Fsp3) is 0.429. The van der Waals surface area contributed by atoms with E-state index in [1.54, 1.807) is 11.3 Å². The van der Waals surface area contributed by atoms with E-state index in [0.29, 0.717) is 0 Å². The van der Waals surface area contributed by atoms with Gasteiger partial charge in [-0.15, -0.1) is 11.3 Å². The van der Waals surface area contributed by atoms with Crippen LogP contribution in [0.15, 0.2) is 24.4 Å². The van der Waals surface area contributed by atoms with Gasteiger partial charge in [-0.2, -0.15) is 0 Å². The molecule has 0 radical (unpaired) electrons. The highest BCUT2D eigenvalue weighted by atomic mass is 35.5. The van der Waals surface area contributed by atoms with Gasteiger partial charge in [-0.05, 0) is 49.4 Å². The van der Waals surface area contributed by atoms with E-state index in [0.717, 1.165) is 23.7 Å². The molecule has 1 aliphatic rings. The molecule has 0 bridgehead atoms. The summed E-state index contributed by atoms with van der Waals surface area (Å²) in [5.74, 6) is 0. The van der Waals surface area contributed by atoms with Gasteiger partial charge in [-0.25, -0.2) is 0 Å². The lowest BCUT2D eigenvalue weighted by atomic mass is 9.94. The minimum absolute atomic E-state index is 0.242. The molecule has 1 atom stereocenters. The van der Waals surface area contributed by atoms with Crippen LogP contribution in [0.3, 0.4) is 0 Å². The van der Waals surface area contributed by atoms with Crippen LogP contribution in [-0.2, 0) is 19.4 Å². The molecule has 0 aromatic carbocycles. The van der Waals surface area contributed by atoms with Crippen LogP contribution in [0, 0.1) is 0 Å². The highest BCUT2D eigenvalue weighted by Crippen LogP contribution is 2.29. The van der Waals surface area contributed by atoms with Gasteiger partial charge in [0.05, 0.1) is 4.34 Å². The summed E-state index contributed by atoms with van der Waals surface area (Å²) in [5.41, 5.74) is 8.93. The molecule has 2 heterocycles. The summed E-state index contributed by atoms with van der Waals surface area (Å²) >= 11 is 7.63. The highest BCUT2D eigenvalue weighted by molar-refractivity contribution is 7.16. The third-order valence-electron chi connectivity index (χ3n) is 3.67. The first-order valence-corrected chi connectivity index (χ1v) is 7.61. The maximum atomic E-state index is 6.14. The van der Waals surface area contributed by atoms with Gasteiger partial charge in [0.1, 0.15) is 0 Å². The van der Waals surface area contributed by atoms with Gasteiger partial charge in [-0.1, -0.05) is 11.6 Å². The molecule has 2 nitrogen and oxygen atoms in total. The number of hydrogen-bond donors (Lipinski definition) is 1. The molecule has 0 saturated carbocycles. The molecule has 18 heavy (non-hydrogen) atoms. The van der Waals surface area contributed by atoms with Crippen molar-refractivity contribution in [3.8, 4) is 0 Å². The fourth-order valence-corrected chi connectivity index (χ4v) is 3.80. The normalized spacial score (nSPS) is 18.9. The lowest BCUT2D eigenvalue weighted by Crippen LogP contribution is -2.18. The number of thiophene rings is 1. The van der Waals surface area contributed by atoms with E-state index in [9.17, 15) is 0 Å². The number of fused-ring (bicyclic) bond motifs is 1. The molecular formula is C14H17ClN2S. The van der Waals surface area contributed by atoms with Crippen LogP contribution in [-0.4, -0.2) is 4.57 Å². The zero-order valence-corrected chi connectivity index (χ0v) is 11.8. The van der Waals surface area contributed by atoms with E-state index in [1.807, 2.05) is 6.07 Å². The topological polar surface area (TPSA) is 30.9 Å². The van der Waals surface area contributed by atoms with Crippen molar-refractivity contribution in [2.45, 2.75) is 38.3 Å². The molecule has 0 fully saturated rings. The molecule has 1 aliphatic carbocycles.